The first-order valence-electron chi connectivity index (χ1n) is 8.76. The molecule has 1 amide bonds. The number of esters is 1. The maximum atomic E-state index is 11.9. The summed E-state index contributed by atoms with van der Waals surface area (Å²) in [4.78, 5) is 23.5. The van der Waals surface area contributed by atoms with E-state index in [0.717, 1.165) is 23.8 Å². The number of aryl methyl sites for hydroxylation is 1. The van der Waals surface area contributed by atoms with Gasteiger partial charge in [-0.15, -0.1) is 0 Å². The van der Waals surface area contributed by atoms with Crippen LogP contribution >= 0.6 is 0 Å². The van der Waals surface area contributed by atoms with E-state index >= 15 is 0 Å². The average molecular weight is 405 g/mol. The summed E-state index contributed by atoms with van der Waals surface area (Å²) < 4.78 is 30.6. The summed E-state index contributed by atoms with van der Waals surface area (Å²) in [7, 11) is -3.83. The van der Waals surface area contributed by atoms with Crippen LogP contribution in [0.5, 0.6) is 0 Å². The first-order chi connectivity index (χ1) is 13.1. The molecule has 2 rings (SSSR count). The molecule has 0 heterocycles. The molecule has 0 aromatic heterocycles. The molecule has 0 radical (unpaired) electrons. The van der Waals surface area contributed by atoms with Crippen LogP contribution in [0.2, 0.25) is 0 Å². The van der Waals surface area contributed by atoms with Crippen LogP contribution in [0.25, 0.3) is 6.08 Å². The van der Waals surface area contributed by atoms with E-state index in [4.69, 9.17) is 4.74 Å². The van der Waals surface area contributed by atoms with E-state index in [0.29, 0.717) is 5.56 Å². The van der Waals surface area contributed by atoms with Crippen LogP contribution in [0.15, 0.2) is 29.7 Å². The van der Waals surface area contributed by atoms with Crippen molar-refractivity contribution in [1.82, 2.24) is 10.0 Å². The molecule has 1 saturated carbocycles. The normalized spacial score (nSPS) is 16.2. The largest absolute Gasteiger partial charge is 0.455 e. The summed E-state index contributed by atoms with van der Waals surface area (Å²) >= 11 is 0. The molecule has 0 saturated heterocycles. The Morgan fingerprint density at radius 1 is 1.32 bits per heavy atom. The van der Waals surface area contributed by atoms with Crippen molar-refractivity contribution in [2.75, 3.05) is 13.2 Å². The Labute approximate surface area is 164 Å². The molecular weight excluding hydrogens is 382 g/mol. The van der Waals surface area contributed by atoms with E-state index in [9.17, 15) is 23.3 Å². The van der Waals surface area contributed by atoms with Crippen LogP contribution in [0.1, 0.15) is 30.9 Å². The number of benzene rings is 1. The molecule has 1 atom stereocenters. The molecule has 1 fully saturated rings. The number of nitrogens with zero attached hydrogens (tertiary/aromatic N) is 1. The fourth-order valence-electron chi connectivity index (χ4n) is 2.46. The summed E-state index contributed by atoms with van der Waals surface area (Å²) in [6.45, 7) is 2.36. The molecule has 0 aliphatic heterocycles. The van der Waals surface area contributed by atoms with Gasteiger partial charge in [0.05, 0.1) is 6.07 Å². The molecule has 1 aromatic rings. The third-order valence-electron chi connectivity index (χ3n) is 4.32. The summed E-state index contributed by atoms with van der Waals surface area (Å²) in [6.07, 6.45) is 3.13. The fourth-order valence-corrected chi connectivity index (χ4v) is 3.21. The second kappa shape index (κ2) is 8.99. The second-order valence-corrected chi connectivity index (χ2v) is 8.53. The highest BCUT2D eigenvalue weighted by molar-refractivity contribution is 7.92. The third-order valence-corrected chi connectivity index (χ3v) is 5.37. The number of amides is 1. The van der Waals surface area contributed by atoms with Crippen molar-refractivity contribution in [1.29, 1.82) is 5.26 Å². The zero-order chi connectivity index (χ0) is 20.8. The molecule has 8 nitrogen and oxygen atoms in total. The van der Waals surface area contributed by atoms with Gasteiger partial charge in [-0.3, -0.25) is 9.59 Å². The van der Waals surface area contributed by atoms with Gasteiger partial charge in [0.1, 0.15) is 12.1 Å². The van der Waals surface area contributed by atoms with Crippen LogP contribution in [0.4, 0.5) is 0 Å². The molecule has 9 heteroatoms. The first kappa shape index (κ1) is 21.6. The van der Waals surface area contributed by atoms with Crippen molar-refractivity contribution in [3.8, 4) is 6.07 Å². The Morgan fingerprint density at radius 3 is 2.54 bits per heavy atom. The van der Waals surface area contributed by atoms with Crippen LogP contribution in [-0.4, -0.2) is 39.0 Å². The van der Waals surface area contributed by atoms with E-state index in [1.54, 1.807) is 19.1 Å². The lowest BCUT2D eigenvalue weighted by Crippen LogP contribution is -2.48. The summed E-state index contributed by atoms with van der Waals surface area (Å²) in [5.41, 5.74) is 0.773. The standard InChI is InChI=1S/C19H23N3O5S/c1-14-3-5-15(6-4-14)9-10-28(25,26)21-11-18(24)27-12-17(23)22-19(2,13-20)16-7-8-16/h3-6,9-10,16,21H,7-8,11-12H2,1-2H3,(H,22,23)/b10-9+/t19-/m0/s1. The van der Waals surface area contributed by atoms with E-state index in [-0.39, 0.29) is 5.92 Å². The SMILES string of the molecule is Cc1ccc(/C=C/S(=O)(=O)NCC(=O)OCC(=O)N[C@@](C)(C#N)C2CC2)cc1. The van der Waals surface area contributed by atoms with Crippen molar-refractivity contribution < 1.29 is 22.7 Å². The highest BCUT2D eigenvalue weighted by Gasteiger charge is 2.43. The number of sulfonamides is 1. The number of carbonyl (C=O) groups excluding carboxylic acids is 2. The minimum atomic E-state index is -3.83. The van der Waals surface area contributed by atoms with Gasteiger partial charge in [-0.25, -0.2) is 13.1 Å². The lowest BCUT2D eigenvalue weighted by molar-refractivity contribution is -0.147. The summed E-state index contributed by atoms with van der Waals surface area (Å²) in [5, 5.41) is 12.7. The number of hydrogen-bond acceptors (Lipinski definition) is 6. The molecular formula is C19H23N3O5S. The Morgan fingerprint density at radius 2 is 1.96 bits per heavy atom. The summed E-state index contributed by atoms with van der Waals surface area (Å²) in [6, 6.07) is 9.30. The van der Waals surface area contributed by atoms with Gasteiger partial charge in [0.2, 0.25) is 10.0 Å². The van der Waals surface area contributed by atoms with Crippen molar-refractivity contribution in [2.24, 2.45) is 5.92 Å². The zero-order valence-corrected chi connectivity index (χ0v) is 16.6. The van der Waals surface area contributed by atoms with Crippen molar-refractivity contribution in [2.45, 2.75) is 32.2 Å². The lowest BCUT2D eigenvalue weighted by atomic mass is 9.98. The highest BCUT2D eigenvalue weighted by atomic mass is 32.2. The smallest absolute Gasteiger partial charge is 0.321 e. The predicted molar refractivity (Wildman–Crippen MR) is 103 cm³/mol. The van der Waals surface area contributed by atoms with Gasteiger partial charge in [0, 0.05) is 5.41 Å². The van der Waals surface area contributed by atoms with Crippen molar-refractivity contribution in [3.05, 3.63) is 40.8 Å². The maximum absolute atomic E-state index is 11.9. The van der Waals surface area contributed by atoms with Gasteiger partial charge < -0.3 is 10.1 Å². The van der Waals surface area contributed by atoms with Gasteiger partial charge in [-0.2, -0.15) is 5.26 Å². The van der Waals surface area contributed by atoms with Crippen LogP contribution in [0, 0.1) is 24.2 Å². The minimum absolute atomic E-state index is 0.101. The topological polar surface area (TPSA) is 125 Å². The maximum Gasteiger partial charge on any atom is 0.321 e. The van der Waals surface area contributed by atoms with Crippen LogP contribution < -0.4 is 10.0 Å². The van der Waals surface area contributed by atoms with Crippen LogP contribution in [-0.2, 0) is 24.3 Å². The van der Waals surface area contributed by atoms with Gasteiger partial charge >= 0.3 is 5.97 Å². The van der Waals surface area contributed by atoms with Crippen LogP contribution in [0.3, 0.4) is 0 Å². The van der Waals surface area contributed by atoms with E-state index in [1.165, 1.54) is 6.08 Å². The van der Waals surface area contributed by atoms with E-state index < -0.39 is 40.6 Å². The molecule has 150 valence electrons. The van der Waals surface area contributed by atoms with Gasteiger partial charge in [0.25, 0.3) is 5.91 Å². The Hall–Kier alpha value is -2.70. The zero-order valence-electron chi connectivity index (χ0n) is 15.8. The van der Waals surface area contributed by atoms with E-state index in [2.05, 4.69) is 16.1 Å². The average Bonchev–Trinajstić information content (AvgIpc) is 3.50. The Bertz CT molecular complexity index is 898. The molecule has 1 aromatic carbocycles. The summed E-state index contributed by atoms with van der Waals surface area (Å²) in [5.74, 6) is -1.40. The van der Waals surface area contributed by atoms with Gasteiger partial charge in [0.15, 0.2) is 6.61 Å². The molecule has 1 aliphatic rings. The van der Waals surface area contributed by atoms with Crippen molar-refractivity contribution >= 4 is 28.0 Å². The molecule has 1 aliphatic carbocycles. The van der Waals surface area contributed by atoms with Crippen molar-refractivity contribution in [3.63, 3.8) is 0 Å². The number of rotatable bonds is 9. The molecule has 2 N–H and O–H groups in total. The molecule has 0 bridgehead atoms. The monoisotopic (exact) mass is 405 g/mol. The number of nitrogens with one attached hydrogen (secondary N) is 2. The molecule has 28 heavy (non-hydrogen) atoms. The lowest BCUT2D eigenvalue weighted by Gasteiger charge is -2.22. The van der Waals surface area contributed by atoms with E-state index in [1.807, 2.05) is 19.1 Å². The number of carbonyl (C=O) groups is 2. The molecule has 0 spiro atoms. The van der Waals surface area contributed by atoms with Gasteiger partial charge in [-0.1, -0.05) is 29.8 Å². The fraction of sp³-hybridized carbons (Fsp3) is 0.421. The number of ether oxygens (including phenoxy) is 1. The third kappa shape index (κ3) is 6.79. The minimum Gasteiger partial charge on any atom is -0.455 e. The Balaban J connectivity index is 1.75. The van der Waals surface area contributed by atoms with Gasteiger partial charge in [-0.05, 0) is 44.2 Å². The quantitative estimate of drug-likeness (QED) is 0.596. The predicted octanol–water partition coefficient (Wildman–Crippen LogP) is 1.24. The second-order valence-electron chi connectivity index (χ2n) is 6.88. The highest BCUT2D eigenvalue weighted by Crippen LogP contribution is 2.39. The Kier molecular flexibility index (Phi) is 6.94. The first-order valence-corrected chi connectivity index (χ1v) is 10.3. The number of nitriles is 1. The molecule has 0 unspecified atom stereocenters. The number of hydrogen-bond donors (Lipinski definition) is 2.